The number of likely N-dealkylation sites (tertiary alicyclic amines) is 1. The van der Waals surface area contributed by atoms with Crippen LogP contribution in [0.1, 0.15) is 23.8 Å². The zero-order valence-electron chi connectivity index (χ0n) is 11.9. The van der Waals surface area contributed by atoms with E-state index in [0.29, 0.717) is 28.3 Å². The summed E-state index contributed by atoms with van der Waals surface area (Å²) in [6.07, 6.45) is 2.31. The Morgan fingerprint density at radius 3 is 2.91 bits per heavy atom. The van der Waals surface area contributed by atoms with Crippen molar-refractivity contribution < 1.29 is 9.69 Å². The van der Waals surface area contributed by atoms with Gasteiger partial charge in [0, 0.05) is 18.5 Å². The summed E-state index contributed by atoms with van der Waals surface area (Å²) in [7, 11) is 0. The maximum Gasteiger partial charge on any atom is 0.279 e. The molecule has 1 aliphatic rings. The molecule has 3 nitrogen and oxygen atoms in total. The summed E-state index contributed by atoms with van der Waals surface area (Å²) in [5.41, 5.74) is 0.686. The first-order valence-electron chi connectivity index (χ1n) is 7.26. The number of hydrogen-bond acceptors (Lipinski definition) is 2. The smallest absolute Gasteiger partial charge is 0.279 e. The van der Waals surface area contributed by atoms with Crippen molar-refractivity contribution in [3.05, 3.63) is 50.6 Å². The third-order valence-electron chi connectivity index (χ3n) is 3.96. The molecule has 1 unspecified atom stereocenters. The number of thiophene rings is 1. The van der Waals surface area contributed by atoms with E-state index < -0.39 is 0 Å². The van der Waals surface area contributed by atoms with Crippen LogP contribution in [0.2, 0.25) is 10.0 Å². The summed E-state index contributed by atoms with van der Waals surface area (Å²) in [5.74, 6) is 0.0110. The van der Waals surface area contributed by atoms with E-state index in [1.165, 1.54) is 9.78 Å². The maximum atomic E-state index is 12.3. The largest absolute Gasteiger partial charge is 0.321 e. The van der Waals surface area contributed by atoms with Gasteiger partial charge in [0.2, 0.25) is 0 Å². The molecular formula is C16H17Cl2N2OS+. The fourth-order valence-electron chi connectivity index (χ4n) is 2.94. The number of anilines is 1. The number of rotatable bonds is 4. The van der Waals surface area contributed by atoms with E-state index in [2.05, 4.69) is 22.8 Å². The SMILES string of the molecule is O=C(C[NH+]1CCC[C@@H]1c1cccs1)Nc1ccc(Cl)c(Cl)c1. The van der Waals surface area contributed by atoms with E-state index in [0.717, 1.165) is 19.4 Å². The molecule has 0 saturated carbocycles. The van der Waals surface area contributed by atoms with Gasteiger partial charge in [-0.2, -0.15) is 0 Å². The number of benzene rings is 1. The molecular weight excluding hydrogens is 339 g/mol. The summed E-state index contributed by atoms with van der Waals surface area (Å²) in [4.78, 5) is 15.0. The van der Waals surface area contributed by atoms with Crippen LogP contribution in [0.5, 0.6) is 0 Å². The van der Waals surface area contributed by atoms with Gasteiger partial charge in [0.1, 0.15) is 6.04 Å². The van der Waals surface area contributed by atoms with E-state index in [4.69, 9.17) is 23.2 Å². The van der Waals surface area contributed by atoms with Gasteiger partial charge in [-0.25, -0.2) is 0 Å². The highest BCUT2D eigenvalue weighted by Gasteiger charge is 2.32. The minimum Gasteiger partial charge on any atom is -0.321 e. The van der Waals surface area contributed by atoms with Crippen LogP contribution in [0.15, 0.2) is 35.7 Å². The second-order valence-corrected chi connectivity index (χ2v) is 7.27. The van der Waals surface area contributed by atoms with Crippen LogP contribution in [-0.4, -0.2) is 19.0 Å². The van der Waals surface area contributed by atoms with Gasteiger partial charge in [0.05, 0.1) is 21.5 Å². The average molecular weight is 356 g/mol. The lowest BCUT2D eigenvalue weighted by molar-refractivity contribution is -0.910. The van der Waals surface area contributed by atoms with Gasteiger partial charge in [0.15, 0.2) is 6.54 Å². The van der Waals surface area contributed by atoms with E-state index in [1.807, 2.05) is 0 Å². The Bertz CT molecular complexity index is 660. The first kappa shape index (κ1) is 15.8. The van der Waals surface area contributed by atoms with Gasteiger partial charge in [-0.3, -0.25) is 4.79 Å². The molecule has 2 atom stereocenters. The Morgan fingerprint density at radius 1 is 1.32 bits per heavy atom. The Labute approximate surface area is 143 Å². The molecule has 0 spiro atoms. The van der Waals surface area contributed by atoms with E-state index in [-0.39, 0.29) is 5.91 Å². The highest BCUT2D eigenvalue weighted by molar-refractivity contribution is 7.10. The predicted octanol–water partition coefficient (Wildman–Crippen LogP) is 3.41. The lowest BCUT2D eigenvalue weighted by Crippen LogP contribution is -3.11. The lowest BCUT2D eigenvalue weighted by atomic mass is 10.2. The number of amides is 1. The van der Waals surface area contributed by atoms with Crippen molar-refractivity contribution in [2.45, 2.75) is 18.9 Å². The molecule has 1 amide bonds. The molecule has 1 saturated heterocycles. The summed E-state index contributed by atoms with van der Waals surface area (Å²) in [5, 5.41) is 5.94. The molecule has 6 heteroatoms. The minimum absolute atomic E-state index is 0.0110. The number of hydrogen-bond donors (Lipinski definition) is 2. The summed E-state index contributed by atoms with van der Waals surface area (Å²) in [6, 6.07) is 9.82. The van der Waals surface area contributed by atoms with Crippen LogP contribution in [0.4, 0.5) is 5.69 Å². The fourth-order valence-corrected chi connectivity index (χ4v) is 4.16. The van der Waals surface area contributed by atoms with Gasteiger partial charge in [-0.1, -0.05) is 29.3 Å². The van der Waals surface area contributed by atoms with Crippen molar-refractivity contribution in [3.8, 4) is 0 Å². The molecule has 0 radical (unpaired) electrons. The number of halogens is 2. The van der Waals surface area contributed by atoms with Gasteiger partial charge in [-0.05, 0) is 29.6 Å². The summed E-state index contributed by atoms with van der Waals surface area (Å²) in [6.45, 7) is 1.51. The second-order valence-electron chi connectivity index (χ2n) is 5.47. The Balaban J connectivity index is 1.62. The van der Waals surface area contributed by atoms with Gasteiger partial charge >= 0.3 is 0 Å². The van der Waals surface area contributed by atoms with Crippen LogP contribution in [0.3, 0.4) is 0 Å². The first-order chi connectivity index (χ1) is 10.6. The van der Waals surface area contributed by atoms with Crippen LogP contribution >= 0.6 is 34.5 Å². The Kier molecular flexibility index (Phi) is 5.03. The number of carbonyl (C=O) groups excluding carboxylic acids is 1. The fraction of sp³-hybridized carbons (Fsp3) is 0.312. The van der Waals surface area contributed by atoms with Crippen molar-refractivity contribution in [1.82, 2.24) is 0 Å². The van der Waals surface area contributed by atoms with Crippen LogP contribution < -0.4 is 10.2 Å². The van der Waals surface area contributed by atoms with Crippen molar-refractivity contribution >= 4 is 46.1 Å². The van der Waals surface area contributed by atoms with Crippen molar-refractivity contribution in [1.29, 1.82) is 0 Å². The van der Waals surface area contributed by atoms with Crippen molar-refractivity contribution in [2.24, 2.45) is 0 Å². The van der Waals surface area contributed by atoms with Crippen molar-refractivity contribution in [3.63, 3.8) is 0 Å². The summed E-state index contributed by atoms with van der Waals surface area (Å²) >= 11 is 13.6. The predicted molar refractivity (Wildman–Crippen MR) is 92.1 cm³/mol. The summed E-state index contributed by atoms with van der Waals surface area (Å²) < 4.78 is 0. The van der Waals surface area contributed by atoms with E-state index in [9.17, 15) is 4.79 Å². The zero-order valence-corrected chi connectivity index (χ0v) is 14.3. The molecule has 2 aromatic rings. The van der Waals surface area contributed by atoms with E-state index >= 15 is 0 Å². The minimum atomic E-state index is 0.0110. The molecule has 3 rings (SSSR count). The zero-order chi connectivity index (χ0) is 15.5. The number of carbonyl (C=O) groups is 1. The molecule has 0 aliphatic carbocycles. The first-order valence-corrected chi connectivity index (χ1v) is 8.90. The highest BCUT2D eigenvalue weighted by atomic mass is 35.5. The highest BCUT2D eigenvalue weighted by Crippen LogP contribution is 2.25. The lowest BCUT2D eigenvalue weighted by Gasteiger charge is -2.20. The number of nitrogens with one attached hydrogen (secondary N) is 2. The topological polar surface area (TPSA) is 33.5 Å². The van der Waals surface area contributed by atoms with E-state index in [1.54, 1.807) is 29.5 Å². The third-order valence-corrected chi connectivity index (χ3v) is 5.69. The molecule has 1 fully saturated rings. The third kappa shape index (κ3) is 3.63. The van der Waals surface area contributed by atoms with Crippen LogP contribution in [0.25, 0.3) is 0 Å². The second kappa shape index (κ2) is 7.01. The molecule has 2 heterocycles. The monoisotopic (exact) mass is 355 g/mol. The molecule has 22 heavy (non-hydrogen) atoms. The quantitative estimate of drug-likeness (QED) is 0.865. The Morgan fingerprint density at radius 2 is 2.18 bits per heavy atom. The normalized spacial score (nSPS) is 21.0. The maximum absolute atomic E-state index is 12.3. The number of quaternary nitrogens is 1. The van der Waals surface area contributed by atoms with Crippen LogP contribution in [-0.2, 0) is 4.79 Å². The standard InChI is InChI=1S/C16H16Cl2N2OS/c17-12-6-5-11(9-13(12)18)19-16(21)10-20-7-1-3-14(20)15-4-2-8-22-15/h2,4-6,8-9,14H,1,3,7,10H2,(H,19,21)/p+1/t14-/m1/s1. The van der Waals surface area contributed by atoms with Crippen LogP contribution in [0, 0.1) is 0 Å². The molecule has 2 N–H and O–H groups in total. The van der Waals surface area contributed by atoms with Crippen molar-refractivity contribution in [2.75, 3.05) is 18.4 Å². The molecule has 116 valence electrons. The van der Waals surface area contributed by atoms with Gasteiger partial charge < -0.3 is 10.2 Å². The average Bonchev–Trinajstić information content (AvgIpc) is 3.13. The molecule has 1 aliphatic heterocycles. The van der Waals surface area contributed by atoms with Gasteiger partial charge in [0.25, 0.3) is 5.91 Å². The molecule has 0 bridgehead atoms. The molecule has 1 aromatic carbocycles. The van der Waals surface area contributed by atoms with Gasteiger partial charge in [-0.15, -0.1) is 11.3 Å². The Hall–Kier alpha value is -1.07. The molecule has 1 aromatic heterocycles.